The molecule has 3 aliphatic rings. The Labute approximate surface area is 140 Å². The van der Waals surface area contributed by atoms with Crippen molar-refractivity contribution < 1.29 is 15.3 Å². The summed E-state index contributed by atoms with van der Waals surface area (Å²) in [4.78, 5) is 0. The van der Waals surface area contributed by atoms with Crippen molar-refractivity contribution in [1.29, 1.82) is 0 Å². The Balaban J connectivity index is 2.05. The van der Waals surface area contributed by atoms with Gasteiger partial charge in [-0.05, 0) is 65.9 Å². The number of fused-ring (bicyclic) bond motifs is 3. The Bertz CT molecular complexity index is 509. The molecule has 0 spiro atoms. The molecule has 0 saturated heterocycles. The minimum absolute atomic E-state index is 0.0634. The second kappa shape index (κ2) is 5.31. The van der Waals surface area contributed by atoms with E-state index in [9.17, 15) is 15.3 Å². The van der Waals surface area contributed by atoms with Crippen LogP contribution in [-0.4, -0.2) is 33.1 Å². The normalized spacial score (nSPS) is 49.3. The molecule has 3 rings (SSSR count). The Morgan fingerprint density at radius 3 is 2.35 bits per heavy atom. The summed E-state index contributed by atoms with van der Waals surface area (Å²) in [5.74, 6) is 0.592. The van der Waals surface area contributed by atoms with Crippen molar-refractivity contribution in [2.45, 2.75) is 84.5 Å². The van der Waals surface area contributed by atoms with Gasteiger partial charge >= 0.3 is 0 Å². The Hall–Kier alpha value is -0.380. The summed E-state index contributed by atoms with van der Waals surface area (Å²) in [6.45, 7) is 10.9. The zero-order valence-corrected chi connectivity index (χ0v) is 15.3. The summed E-state index contributed by atoms with van der Waals surface area (Å²) in [5, 5.41) is 32.4. The maximum absolute atomic E-state index is 10.9. The van der Waals surface area contributed by atoms with E-state index in [2.05, 4.69) is 20.8 Å². The van der Waals surface area contributed by atoms with Crippen molar-refractivity contribution in [3.05, 3.63) is 11.6 Å². The number of hydrogen-bond donors (Lipinski definition) is 3. The third-order valence-electron chi connectivity index (χ3n) is 7.63. The topological polar surface area (TPSA) is 60.7 Å². The van der Waals surface area contributed by atoms with Gasteiger partial charge in [0.2, 0.25) is 0 Å². The van der Waals surface area contributed by atoms with Crippen molar-refractivity contribution >= 4 is 0 Å². The molecule has 0 heterocycles. The smallest absolute Gasteiger partial charge is 0.111 e. The fourth-order valence-electron chi connectivity index (χ4n) is 6.07. The van der Waals surface area contributed by atoms with Crippen LogP contribution in [-0.2, 0) is 0 Å². The maximum Gasteiger partial charge on any atom is 0.111 e. The first-order valence-electron chi connectivity index (χ1n) is 9.33. The highest BCUT2D eigenvalue weighted by Gasteiger charge is 2.58. The van der Waals surface area contributed by atoms with E-state index in [0.29, 0.717) is 12.3 Å². The molecule has 0 amide bonds. The first-order chi connectivity index (χ1) is 10.5. The first kappa shape index (κ1) is 17.4. The van der Waals surface area contributed by atoms with Gasteiger partial charge in [-0.3, -0.25) is 0 Å². The van der Waals surface area contributed by atoms with Crippen molar-refractivity contribution in [2.24, 2.45) is 28.6 Å². The van der Waals surface area contributed by atoms with Crippen molar-refractivity contribution in [1.82, 2.24) is 0 Å². The van der Waals surface area contributed by atoms with Gasteiger partial charge in [-0.15, -0.1) is 0 Å². The molecule has 3 nitrogen and oxygen atoms in total. The largest absolute Gasteiger partial charge is 0.390 e. The monoisotopic (exact) mass is 322 g/mol. The Kier molecular flexibility index (Phi) is 4.02. The van der Waals surface area contributed by atoms with Crippen LogP contribution in [0.4, 0.5) is 0 Å². The van der Waals surface area contributed by atoms with Crippen molar-refractivity contribution in [3.63, 3.8) is 0 Å². The minimum atomic E-state index is -1.21. The molecule has 3 aliphatic carbocycles. The van der Waals surface area contributed by atoms with Crippen LogP contribution in [0.25, 0.3) is 0 Å². The molecule has 132 valence electrons. The molecule has 0 bridgehead atoms. The molecular formula is C20H34O3. The fraction of sp³-hybridized carbons (Fsp3) is 0.900. The highest BCUT2D eigenvalue weighted by Crippen LogP contribution is 2.63. The molecule has 0 aliphatic heterocycles. The van der Waals surface area contributed by atoms with Gasteiger partial charge in [0.1, 0.15) is 5.60 Å². The lowest BCUT2D eigenvalue weighted by Crippen LogP contribution is -2.58. The summed E-state index contributed by atoms with van der Waals surface area (Å²) < 4.78 is 0. The van der Waals surface area contributed by atoms with E-state index in [0.717, 1.165) is 18.4 Å². The number of rotatable bonds is 1. The fourth-order valence-corrected chi connectivity index (χ4v) is 6.07. The number of aliphatic hydroxyl groups is 3. The van der Waals surface area contributed by atoms with Crippen LogP contribution in [0.5, 0.6) is 0 Å². The average molecular weight is 322 g/mol. The molecule has 0 aromatic carbocycles. The van der Waals surface area contributed by atoms with Gasteiger partial charge in [0.05, 0.1) is 12.2 Å². The van der Waals surface area contributed by atoms with E-state index in [1.165, 1.54) is 12.8 Å². The molecule has 0 radical (unpaired) electrons. The van der Waals surface area contributed by atoms with Crippen LogP contribution in [0.2, 0.25) is 0 Å². The molecular weight excluding hydrogens is 288 g/mol. The van der Waals surface area contributed by atoms with E-state index in [1.807, 2.05) is 19.9 Å². The summed E-state index contributed by atoms with van der Waals surface area (Å²) in [6, 6.07) is 0. The molecule has 23 heavy (non-hydrogen) atoms. The molecule has 0 aromatic heterocycles. The van der Waals surface area contributed by atoms with Crippen molar-refractivity contribution in [2.75, 3.05) is 0 Å². The lowest BCUT2D eigenvalue weighted by Gasteiger charge is -2.61. The lowest BCUT2D eigenvalue weighted by atomic mass is 9.45. The van der Waals surface area contributed by atoms with Crippen molar-refractivity contribution in [3.8, 4) is 0 Å². The number of aliphatic hydroxyl groups excluding tert-OH is 2. The molecule has 0 aromatic rings. The molecule has 3 N–H and O–H groups in total. The zero-order chi connectivity index (χ0) is 17.2. The van der Waals surface area contributed by atoms with Gasteiger partial charge in [0, 0.05) is 0 Å². The third kappa shape index (κ3) is 2.42. The van der Waals surface area contributed by atoms with Crippen LogP contribution < -0.4 is 0 Å². The molecule has 2 saturated carbocycles. The molecule has 3 heteroatoms. The predicted molar refractivity (Wildman–Crippen MR) is 91.8 cm³/mol. The van der Waals surface area contributed by atoms with Crippen LogP contribution in [0.15, 0.2) is 11.6 Å². The SMILES string of the molecule is CC(C)[C@]1(O)C=C2[C@H](O)C[C@H]3C(C)(C)CCC[C@]3(C)[C@H]2C[C@H]1O. The van der Waals surface area contributed by atoms with Crippen LogP contribution >= 0.6 is 0 Å². The lowest BCUT2D eigenvalue weighted by molar-refractivity contribution is -0.133. The summed E-state index contributed by atoms with van der Waals surface area (Å²) >= 11 is 0. The molecule has 0 unspecified atom stereocenters. The van der Waals surface area contributed by atoms with Gasteiger partial charge in [0.15, 0.2) is 0 Å². The summed E-state index contributed by atoms with van der Waals surface area (Å²) in [5.41, 5.74) is 0.130. The minimum Gasteiger partial charge on any atom is -0.390 e. The van der Waals surface area contributed by atoms with E-state index >= 15 is 0 Å². The Morgan fingerprint density at radius 1 is 1.09 bits per heavy atom. The molecule has 2 fully saturated rings. The summed E-state index contributed by atoms with van der Waals surface area (Å²) in [6.07, 6.45) is 5.54. The first-order valence-corrected chi connectivity index (χ1v) is 9.33. The Morgan fingerprint density at radius 2 is 1.74 bits per heavy atom. The standard InChI is InChI=1S/C20H34O3/c1-12(2)20(23)11-13-14(9-17(20)22)19(5)8-6-7-18(3,4)16(19)10-15(13)21/h11-12,14-17,21-23H,6-10H2,1-5H3/t14-,15+,16-,17+,19+,20+/m0/s1. The second-order valence-electron chi connectivity index (χ2n) is 9.64. The highest BCUT2D eigenvalue weighted by molar-refractivity contribution is 5.30. The zero-order valence-electron chi connectivity index (χ0n) is 15.3. The van der Waals surface area contributed by atoms with Gasteiger partial charge in [0.25, 0.3) is 0 Å². The van der Waals surface area contributed by atoms with E-state index in [4.69, 9.17) is 0 Å². The van der Waals surface area contributed by atoms with Crippen LogP contribution in [0.3, 0.4) is 0 Å². The van der Waals surface area contributed by atoms with Crippen LogP contribution in [0.1, 0.15) is 66.7 Å². The van der Waals surface area contributed by atoms with E-state index < -0.39 is 17.8 Å². The quantitative estimate of drug-likeness (QED) is 0.649. The molecule has 6 atom stereocenters. The van der Waals surface area contributed by atoms with E-state index in [1.54, 1.807) is 0 Å². The average Bonchev–Trinajstić information content (AvgIpc) is 2.43. The number of hydrogen-bond acceptors (Lipinski definition) is 3. The predicted octanol–water partition coefficient (Wildman–Crippen LogP) is 3.28. The second-order valence-corrected chi connectivity index (χ2v) is 9.64. The van der Waals surface area contributed by atoms with E-state index in [-0.39, 0.29) is 22.7 Å². The van der Waals surface area contributed by atoms with Gasteiger partial charge in [-0.1, -0.05) is 41.0 Å². The van der Waals surface area contributed by atoms with Gasteiger partial charge in [-0.2, -0.15) is 0 Å². The summed E-state index contributed by atoms with van der Waals surface area (Å²) in [7, 11) is 0. The third-order valence-corrected chi connectivity index (χ3v) is 7.63. The maximum atomic E-state index is 10.9. The van der Waals surface area contributed by atoms with Gasteiger partial charge in [-0.25, -0.2) is 0 Å². The van der Waals surface area contributed by atoms with Crippen LogP contribution in [0, 0.1) is 28.6 Å². The highest BCUT2D eigenvalue weighted by atomic mass is 16.3. The van der Waals surface area contributed by atoms with Gasteiger partial charge < -0.3 is 15.3 Å².